The molecule has 1 fully saturated rings. The number of nitrogens with zero attached hydrogens (tertiary/aromatic N) is 2. The van der Waals surface area contributed by atoms with Crippen LogP contribution in [0.3, 0.4) is 0 Å². The molecule has 1 aliphatic rings. The molecule has 0 aliphatic carbocycles. The number of quaternary nitrogens is 1. The van der Waals surface area contributed by atoms with E-state index in [1.54, 1.807) is 0 Å². The highest BCUT2D eigenvalue weighted by Crippen LogP contribution is 2.27. The molecule has 3 aromatic carbocycles. The summed E-state index contributed by atoms with van der Waals surface area (Å²) in [5.41, 5.74) is 4.55. The summed E-state index contributed by atoms with van der Waals surface area (Å²) in [7, 11) is 0. The van der Waals surface area contributed by atoms with Gasteiger partial charge in [0, 0.05) is 10.9 Å². The predicted octanol–water partition coefficient (Wildman–Crippen LogP) is 4.35. The first-order valence-corrected chi connectivity index (χ1v) is 12.7. The van der Waals surface area contributed by atoms with E-state index in [1.807, 2.05) is 72.5 Å². The van der Waals surface area contributed by atoms with Crippen molar-refractivity contribution < 1.29 is 14.4 Å². The van der Waals surface area contributed by atoms with Gasteiger partial charge in [-0.25, -0.2) is 4.98 Å². The lowest BCUT2D eigenvalue weighted by atomic mass is 10.0. The Kier molecular flexibility index (Phi) is 7.39. The number of rotatable bonds is 7. The molecule has 0 radical (unpaired) electrons. The second-order valence-corrected chi connectivity index (χ2v) is 9.09. The molecular weight excluding hydrogens is 446 g/mol. The number of hydrogen-bond donors (Lipinski definition) is 1. The largest absolute Gasteiger partial charge is 0.494 e. The van der Waals surface area contributed by atoms with Crippen LogP contribution in [0.15, 0.2) is 91.0 Å². The number of piperazine rings is 1. The minimum Gasteiger partial charge on any atom is -0.494 e. The molecule has 182 valence electrons. The predicted molar refractivity (Wildman–Crippen MR) is 145 cm³/mol. The van der Waals surface area contributed by atoms with Gasteiger partial charge in [-0.15, -0.1) is 0 Å². The third-order valence-corrected chi connectivity index (χ3v) is 6.68. The number of pyridine rings is 1. The van der Waals surface area contributed by atoms with Crippen molar-refractivity contribution in [3.05, 3.63) is 102 Å². The zero-order valence-corrected chi connectivity index (χ0v) is 20.7. The van der Waals surface area contributed by atoms with Gasteiger partial charge >= 0.3 is 0 Å². The van der Waals surface area contributed by atoms with Gasteiger partial charge in [0.25, 0.3) is 5.91 Å². The van der Waals surface area contributed by atoms with Crippen LogP contribution >= 0.6 is 0 Å². The standard InChI is InChI=1S/C31H31N3O2/c1-2-36-26-16-14-25(15-17-26)30-23-28(27-12-6-7-13-29(27)32-30)31(35)34-21-19-33(20-22-34)18-8-11-24-9-4-3-5-10-24/h3-17,23H,2,18-22H2,1H3/p+1. The number of amides is 1. The third kappa shape index (κ3) is 5.47. The van der Waals surface area contributed by atoms with E-state index in [0.717, 1.165) is 66.2 Å². The first-order valence-electron chi connectivity index (χ1n) is 12.7. The van der Waals surface area contributed by atoms with E-state index in [-0.39, 0.29) is 5.91 Å². The van der Waals surface area contributed by atoms with Gasteiger partial charge in [0.1, 0.15) is 5.75 Å². The summed E-state index contributed by atoms with van der Waals surface area (Å²) in [6.45, 7) is 6.96. The van der Waals surface area contributed by atoms with Gasteiger partial charge in [-0.05, 0) is 55.0 Å². The number of benzene rings is 3. The molecule has 1 saturated heterocycles. The van der Waals surface area contributed by atoms with E-state index < -0.39 is 0 Å². The minimum absolute atomic E-state index is 0.0830. The fraction of sp³-hybridized carbons (Fsp3) is 0.226. The van der Waals surface area contributed by atoms with Crippen LogP contribution in [0.5, 0.6) is 5.75 Å². The maximum Gasteiger partial charge on any atom is 0.255 e. The quantitative estimate of drug-likeness (QED) is 0.430. The molecule has 5 heteroatoms. The van der Waals surface area contributed by atoms with Crippen molar-refractivity contribution >= 4 is 22.9 Å². The van der Waals surface area contributed by atoms with Gasteiger partial charge in [0.2, 0.25) is 0 Å². The Hall–Kier alpha value is -3.96. The van der Waals surface area contributed by atoms with Crippen molar-refractivity contribution in [1.29, 1.82) is 0 Å². The second kappa shape index (κ2) is 11.2. The van der Waals surface area contributed by atoms with Gasteiger partial charge in [-0.2, -0.15) is 0 Å². The average Bonchev–Trinajstić information content (AvgIpc) is 2.94. The summed E-state index contributed by atoms with van der Waals surface area (Å²) < 4.78 is 5.58. The van der Waals surface area contributed by atoms with E-state index in [9.17, 15) is 4.79 Å². The first-order chi connectivity index (χ1) is 17.7. The number of carbonyl (C=O) groups is 1. The molecule has 1 amide bonds. The normalized spacial score (nSPS) is 14.4. The molecule has 2 heterocycles. The number of hydrogen-bond acceptors (Lipinski definition) is 3. The van der Waals surface area contributed by atoms with Gasteiger partial charge in [0.05, 0.1) is 56.1 Å². The maximum absolute atomic E-state index is 13.7. The molecule has 0 spiro atoms. The highest BCUT2D eigenvalue weighted by atomic mass is 16.5. The number of ether oxygens (including phenoxy) is 1. The molecule has 1 aliphatic heterocycles. The SMILES string of the molecule is CCOc1ccc(-c2cc(C(=O)N3CC[NH+](CC=Cc4ccccc4)CC3)c3ccccc3n2)cc1. The number of carbonyl (C=O) groups excluding carboxylic acids is 1. The lowest BCUT2D eigenvalue weighted by molar-refractivity contribution is -0.898. The van der Waals surface area contributed by atoms with Crippen LogP contribution in [0.4, 0.5) is 0 Å². The first kappa shape index (κ1) is 23.8. The molecule has 1 N–H and O–H groups in total. The molecule has 0 atom stereocenters. The zero-order valence-electron chi connectivity index (χ0n) is 20.7. The molecule has 1 aromatic heterocycles. The summed E-state index contributed by atoms with van der Waals surface area (Å²) in [6, 6.07) is 28.1. The zero-order chi connectivity index (χ0) is 24.7. The molecule has 36 heavy (non-hydrogen) atoms. The number of para-hydroxylation sites is 1. The Labute approximate surface area is 212 Å². The van der Waals surface area contributed by atoms with Gasteiger partial charge in [-0.3, -0.25) is 4.79 Å². The third-order valence-electron chi connectivity index (χ3n) is 6.68. The summed E-state index contributed by atoms with van der Waals surface area (Å²) in [5, 5.41) is 0.901. The molecular formula is C31H32N3O2+. The monoisotopic (exact) mass is 478 g/mol. The number of fused-ring (bicyclic) bond motifs is 1. The topological polar surface area (TPSA) is 46.9 Å². The number of nitrogens with one attached hydrogen (secondary N) is 1. The Bertz CT molecular complexity index is 1340. The molecule has 5 rings (SSSR count). The summed E-state index contributed by atoms with van der Waals surface area (Å²) in [4.78, 5) is 22.0. The van der Waals surface area contributed by atoms with Crippen LogP contribution in [0.2, 0.25) is 0 Å². The Morgan fingerprint density at radius 1 is 0.972 bits per heavy atom. The van der Waals surface area contributed by atoms with Crippen molar-refractivity contribution in [1.82, 2.24) is 9.88 Å². The van der Waals surface area contributed by atoms with E-state index in [2.05, 4.69) is 36.4 Å². The Morgan fingerprint density at radius 3 is 2.44 bits per heavy atom. The lowest BCUT2D eigenvalue weighted by Crippen LogP contribution is -3.14. The van der Waals surface area contributed by atoms with Gasteiger partial charge in [-0.1, -0.05) is 54.6 Å². The minimum atomic E-state index is 0.0830. The van der Waals surface area contributed by atoms with E-state index in [1.165, 1.54) is 10.5 Å². The summed E-state index contributed by atoms with van der Waals surface area (Å²) in [6.07, 6.45) is 4.41. The van der Waals surface area contributed by atoms with E-state index in [4.69, 9.17) is 9.72 Å². The van der Waals surface area contributed by atoms with Gasteiger partial charge < -0.3 is 14.5 Å². The Balaban J connectivity index is 1.31. The van der Waals surface area contributed by atoms with Gasteiger partial charge in [0.15, 0.2) is 0 Å². The summed E-state index contributed by atoms with van der Waals surface area (Å²) >= 11 is 0. The molecule has 0 bridgehead atoms. The van der Waals surface area contributed by atoms with Crippen LogP contribution in [-0.4, -0.2) is 55.1 Å². The van der Waals surface area contributed by atoms with Crippen molar-refractivity contribution in [3.8, 4) is 17.0 Å². The summed E-state index contributed by atoms with van der Waals surface area (Å²) in [5.74, 6) is 0.914. The average molecular weight is 479 g/mol. The van der Waals surface area contributed by atoms with Crippen LogP contribution in [-0.2, 0) is 0 Å². The van der Waals surface area contributed by atoms with Crippen molar-refractivity contribution in [3.63, 3.8) is 0 Å². The van der Waals surface area contributed by atoms with Crippen LogP contribution in [0.25, 0.3) is 28.2 Å². The Morgan fingerprint density at radius 2 is 1.69 bits per heavy atom. The van der Waals surface area contributed by atoms with Crippen molar-refractivity contribution in [2.24, 2.45) is 0 Å². The van der Waals surface area contributed by atoms with Crippen molar-refractivity contribution in [2.45, 2.75) is 6.92 Å². The fourth-order valence-corrected chi connectivity index (χ4v) is 4.72. The molecule has 5 nitrogen and oxygen atoms in total. The maximum atomic E-state index is 13.7. The molecule has 0 unspecified atom stereocenters. The molecule has 4 aromatic rings. The van der Waals surface area contributed by atoms with Crippen LogP contribution in [0.1, 0.15) is 22.8 Å². The number of aromatic nitrogens is 1. The molecule has 0 saturated carbocycles. The second-order valence-electron chi connectivity index (χ2n) is 9.09. The van der Waals surface area contributed by atoms with Crippen LogP contribution in [0, 0.1) is 0 Å². The van der Waals surface area contributed by atoms with Crippen molar-refractivity contribution in [2.75, 3.05) is 39.3 Å². The lowest BCUT2D eigenvalue weighted by Gasteiger charge is -2.32. The van der Waals surface area contributed by atoms with E-state index >= 15 is 0 Å². The van der Waals surface area contributed by atoms with E-state index in [0.29, 0.717) is 6.61 Å². The van der Waals surface area contributed by atoms with Crippen LogP contribution < -0.4 is 9.64 Å². The fourth-order valence-electron chi connectivity index (χ4n) is 4.72. The highest BCUT2D eigenvalue weighted by molar-refractivity contribution is 6.07. The smallest absolute Gasteiger partial charge is 0.255 e. The highest BCUT2D eigenvalue weighted by Gasteiger charge is 2.25.